The van der Waals surface area contributed by atoms with Gasteiger partial charge in [-0.05, 0) is 50.1 Å². The highest BCUT2D eigenvalue weighted by molar-refractivity contribution is 9.11. The second-order valence-electron chi connectivity index (χ2n) is 3.87. The molecule has 1 aromatic carbocycles. The Morgan fingerprint density at radius 2 is 1.90 bits per heavy atom. The molecule has 21 heavy (non-hydrogen) atoms. The van der Waals surface area contributed by atoms with Crippen molar-refractivity contribution in [2.24, 2.45) is 10.9 Å². The number of halogens is 2. The first-order chi connectivity index (χ1) is 10.0. The van der Waals surface area contributed by atoms with Gasteiger partial charge in [-0.15, -0.1) is 0 Å². The molecular formula is C13H11Br2N3O3. The summed E-state index contributed by atoms with van der Waals surface area (Å²) in [4.78, 5) is 4.15. The second-order valence-corrected chi connectivity index (χ2v) is 5.57. The van der Waals surface area contributed by atoms with E-state index < -0.39 is 0 Å². The van der Waals surface area contributed by atoms with Crippen molar-refractivity contribution in [1.29, 1.82) is 0 Å². The van der Waals surface area contributed by atoms with Gasteiger partial charge < -0.3 is 20.4 Å². The molecule has 0 unspecified atom stereocenters. The van der Waals surface area contributed by atoms with Crippen molar-refractivity contribution in [3.8, 4) is 17.4 Å². The summed E-state index contributed by atoms with van der Waals surface area (Å²) in [5, 5.41) is 11.6. The molecular weight excluding hydrogens is 406 g/mol. The highest BCUT2D eigenvalue weighted by Crippen LogP contribution is 2.37. The summed E-state index contributed by atoms with van der Waals surface area (Å²) in [6.45, 7) is 0. The Bertz CT molecular complexity index is 692. The van der Waals surface area contributed by atoms with E-state index in [9.17, 15) is 0 Å². The van der Waals surface area contributed by atoms with Crippen molar-refractivity contribution in [3.63, 3.8) is 0 Å². The molecule has 0 radical (unpaired) electrons. The zero-order chi connectivity index (χ0) is 15.4. The third kappa shape index (κ3) is 3.64. The highest BCUT2D eigenvalue weighted by Gasteiger charge is 2.10. The number of amidine groups is 1. The predicted molar refractivity (Wildman–Crippen MR) is 85.2 cm³/mol. The van der Waals surface area contributed by atoms with Crippen LogP contribution in [-0.4, -0.2) is 23.1 Å². The van der Waals surface area contributed by atoms with Crippen LogP contribution in [0.15, 0.2) is 44.4 Å². The summed E-state index contributed by atoms with van der Waals surface area (Å²) in [6.07, 6.45) is 0. The molecule has 0 aliphatic heterocycles. The second kappa shape index (κ2) is 6.77. The summed E-state index contributed by atoms with van der Waals surface area (Å²) in [5.74, 6) is 1.45. The average molecular weight is 417 g/mol. The van der Waals surface area contributed by atoms with Crippen LogP contribution in [0.4, 0.5) is 0 Å². The molecule has 0 aliphatic carbocycles. The molecule has 0 atom stereocenters. The Kier molecular flexibility index (Phi) is 5.03. The van der Waals surface area contributed by atoms with Gasteiger partial charge in [-0.3, -0.25) is 0 Å². The normalized spacial score (nSPS) is 11.3. The van der Waals surface area contributed by atoms with E-state index in [1.165, 1.54) is 0 Å². The molecule has 0 aliphatic rings. The molecule has 0 amide bonds. The quantitative estimate of drug-likeness (QED) is 0.344. The first kappa shape index (κ1) is 15.6. The van der Waals surface area contributed by atoms with Crippen molar-refractivity contribution in [3.05, 3.63) is 45.0 Å². The summed E-state index contributed by atoms with van der Waals surface area (Å²) >= 11 is 6.78. The van der Waals surface area contributed by atoms with Crippen LogP contribution in [0, 0.1) is 0 Å². The molecule has 0 saturated carbocycles. The van der Waals surface area contributed by atoms with Gasteiger partial charge in [0.25, 0.3) is 0 Å². The van der Waals surface area contributed by atoms with Gasteiger partial charge in [0.2, 0.25) is 5.88 Å². The summed E-state index contributed by atoms with van der Waals surface area (Å²) < 4.78 is 12.3. The lowest BCUT2D eigenvalue weighted by atomic mass is 10.3. The average Bonchev–Trinajstić information content (AvgIpc) is 2.50. The number of rotatable bonds is 4. The molecule has 2 aromatic rings. The third-order valence-electron chi connectivity index (χ3n) is 2.51. The minimum atomic E-state index is -0.0876. The molecule has 1 aromatic heterocycles. The number of hydrogen-bond donors (Lipinski definition) is 2. The maximum Gasteiger partial charge on any atom is 0.219 e. The minimum absolute atomic E-state index is 0.0876. The Hall–Kier alpha value is -1.80. The molecule has 8 heteroatoms. The van der Waals surface area contributed by atoms with E-state index in [0.717, 1.165) is 4.47 Å². The largest absolute Gasteiger partial charge is 0.496 e. The topological polar surface area (TPSA) is 90.0 Å². The van der Waals surface area contributed by atoms with E-state index in [1.54, 1.807) is 37.4 Å². The Morgan fingerprint density at radius 3 is 2.57 bits per heavy atom. The Labute approximate surface area is 137 Å². The van der Waals surface area contributed by atoms with E-state index in [4.69, 9.17) is 20.4 Å². The van der Waals surface area contributed by atoms with Crippen LogP contribution < -0.4 is 15.2 Å². The summed E-state index contributed by atoms with van der Waals surface area (Å²) in [5.41, 5.74) is 5.82. The number of benzene rings is 1. The van der Waals surface area contributed by atoms with Gasteiger partial charge in [0.05, 0.1) is 16.1 Å². The molecule has 6 nitrogen and oxygen atoms in total. The predicted octanol–water partition coefficient (Wildman–Crippen LogP) is 3.50. The number of nitrogens with two attached hydrogens (primary N) is 1. The fourth-order valence-corrected chi connectivity index (χ4v) is 2.41. The van der Waals surface area contributed by atoms with E-state index >= 15 is 0 Å². The van der Waals surface area contributed by atoms with E-state index in [-0.39, 0.29) is 5.84 Å². The fourth-order valence-electron chi connectivity index (χ4n) is 1.52. The smallest absolute Gasteiger partial charge is 0.219 e. The van der Waals surface area contributed by atoms with E-state index in [2.05, 4.69) is 42.0 Å². The molecule has 1 heterocycles. The monoisotopic (exact) mass is 415 g/mol. The molecule has 110 valence electrons. The van der Waals surface area contributed by atoms with Gasteiger partial charge in [0.15, 0.2) is 5.84 Å². The van der Waals surface area contributed by atoms with Crippen molar-refractivity contribution in [2.45, 2.75) is 0 Å². The number of hydrogen-bond acceptors (Lipinski definition) is 5. The van der Waals surface area contributed by atoms with Crippen molar-refractivity contribution in [1.82, 2.24) is 4.98 Å². The van der Waals surface area contributed by atoms with E-state index in [0.29, 0.717) is 27.5 Å². The van der Waals surface area contributed by atoms with Crippen LogP contribution in [0.3, 0.4) is 0 Å². The number of ether oxygens (including phenoxy) is 2. The Balaban J connectivity index is 2.32. The van der Waals surface area contributed by atoms with Gasteiger partial charge in [-0.25, -0.2) is 4.98 Å². The number of oxime groups is 1. The van der Waals surface area contributed by atoms with Gasteiger partial charge in [-0.2, -0.15) is 0 Å². The van der Waals surface area contributed by atoms with Gasteiger partial charge >= 0.3 is 0 Å². The highest BCUT2D eigenvalue weighted by atomic mass is 79.9. The van der Waals surface area contributed by atoms with Crippen molar-refractivity contribution in [2.75, 3.05) is 7.11 Å². The zero-order valence-corrected chi connectivity index (χ0v) is 14.1. The molecule has 0 bridgehead atoms. The molecule has 0 saturated heterocycles. The lowest BCUT2D eigenvalue weighted by molar-refractivity contribution is 0.318. The van der Waals surface area contributed by atoms with Crippen molar-refractivity contribution >= 4 is 37.7 Å². The molecule has 0 spiro atoms. The number of pyridine rings is 1. The van der Waals surface area contributed by atoms with Crippen LogP contribution in [0.1, 0.15) is 5.69 Å². The summed E-state index contributed by atoms with van der Waals surface area (Å²) in [6, 6.07) is 8.50. The number of methoxy groups -OCH3 is 1. The third-order valence-corrected chi connectivity index (χ3v) is 3.75. The maximum absolute atomic E-state index is 8.66. The van der Waals surface area contributed by atoms with Crippen LogP contribution in [0.2, 0.25) is 0 Å². The van der Waals surface area contributed by atoms with Gasteiger partial charge in [0.1, 0.15) is 17.2 Å². The van der Waals surface area contributed by atoms with Gasteiger partial charge in [0, 0.05) is 6.07 Å². The standard InChI is InChI=1S/C13H11Br2N3O3/c1-20-10-5-8(15)11(6-7(10)14)21-12-4-2-3-9(17-12)13(16)18-19/h2-6,19H,1H3,(H2,16,18). The van der Waals surface area contributed by atoms with E-state index in [1.807, 2.05) is 0 Å². The lowest BCUT2D eigenvalue weighted by Crippen LogP contribution is -2.14. The van der Waals surface area contributed by atoms with Crippen LogP contribution in [-0.2, 0) is 0 Å². The van der Waals surface area contributed by atoms with Crippen LogP contribution >= 0.6 is 31.9 Å². The lowest BCUT2D eigenvalue weighted by Gasteiger charge is -2.10. The van der Waals surface area contributed by atoms with Gasteiger partial charge in [-0.1, -0.05) is 11.2 Å². The first-order valence-corrected chi connectivity index (χ1v) is 7.29. The first-order valence-electron chi connectivity index (χ1n) is 5.71. The Morgan fingerprint density at radius 1 is 1.24 bits per heavy atom. The minimum Gasteiger partial charge on any atom is -0.496 e. The van der Waals surface area contributed by atoms with Crippen LogP contribution in [0.5, 0.6) is 17.4 Å². The number of nitrogens with zero attached hydrogens (tertiary/aromatic N) is 2. The van der Waals surface area contributed by atoms with Crippen molar-refractivity contribution < 1.29 is 14.7 Å². The molecule has 3 N–H and O–H groups in total. The summed E-state index contributed by atoms with van der Waals surface area (Å²) in [7, 11) is 1.58. The number of aromatic nitrogens is 1. The maximum atomic E-state index is 8.66. The fraction of sp³-hybridized carbons (Fsp3) is 0.0769. The molecule has 2 rings (SSSR count). The zero-order valence-electron chi connectivity index (χ0n) is 10.9. The SMILES string of the molecule is COc1cc(Br)c(Oc2cccc(C(N)=NO)n2)cc1Br. The van der Waals surface area contributed by atoms with Crippen LogP contribution in [0.25, 0.3) is 0 Å². The molecule has 0 fully saturated rings.